The van der Waals surface area contributed by atoms with Gasteiger partial charge in [0.05, 0.1) is 17.7 Å². The van der Waals surface area contributed by atoms with Gasteiger partial charge in [0.2, 0.25) is 5.79 Å². The molecular weight excluding hydrogens is 545 g/mol. The molecule has 11 heteroatoms. The molecule has 2 saturated heterocycles. The zero-order chi connectivity index (χ0) is 29.9. The molecule has 7 rings (SSSR count). The number of ether oxygens (including phenoxy) is 3. The first-order chi connectivity index (χ1) is 19.0. The third kappa shape index (κ3) is 3.42. The van der Waals surface area contributed by atoms with Crippen LogP contribution in [0.15, 0.2) is 36.4 Å². The summed E-state index contributed by atoms with van der Waals surface area (Å²) in [6.45, 7) is 9.11. The number of aliphatic hydroxyl groups is 2. The second-order valence-corrected chi connectivity index (χ2v) is 13.0. The van der Waals surface area contributed by atoms with E-state index in [2.05, 4.69) is 6.58 Å². The molecule has 9 atom stereocenters. The summed E-state index contributed by atoms with van der Waals surface area (Å²) in [5, 5.41) is 24.2. The average molecular weight is 579 g/mol. The lowest BCUT2D eigenvalue weighted by atomic mass is 9.35. The zero-order valence-electron chi connectivity index (χ0n) is 23.0. The second kappa shape index (κ2) is 8.64. The van der Waals surface area contributed by atoms with Gasteiger partial charge in [0, 0.05) is 24.2 Å². The molecule has 2 spiro atoms. The minimum Gasteiger partial charge on any atom is -0.462 e. The smallest absolute Gasteiger partial charge is 0.416 e. The number of ketones is 1. The van der Waals surface area contributed by atoms with Crippen LogP contribution in [0.25, 0.3) is 0 Å². The normalized spacial score (nSPS) is 42.3. The highest BCUT2D eigenvalue weighted by Gasteiger charge is 2.88. The van der Waals surface area contributed by atoms with Crippen LogP contribution in [0.2, 0.25) is 0 Å². The fourth-order valence-corrected chi connectivity index (χ4v) is 9.36. The Morgan fingerprint density at radius 1 is 1.10 bits per heavy atom. The van der Waals surface area contributed by atoms with E-state index in [4.69, 9.17) is 14.2 Å². The maximum atomic E-state index is 14.3. The minimum absolute atomic E-state index is 0.0803. The Morgan fingerprint density at radius 3 is 2.37 bits per heavy atom. The highest BCUT2D eigenvalue weighted by Crippen LogP contribution is 2.77. The number of carbonyl (C=O) groups is 3. The number of Topliss-reactive ketones (excluding diaryl/α,β-unsaturated/α-hetero) is 1. The molecule has 3 unspecified atom stereocenters. The van der Waals surface area contributed by atoms with E-state index < -0.39 is 87.6 Å². The van der Waals surface area contributed by atoms with Gasteiger partial charge in [-0.2, -0.15) is 13.2 Å². The minimum atomic E-state index is -4.60. The van der Waals surface area contributed by atoms with Crippen LogP contribution < -0.4 is 0 Å². The third-order valence-corrected chi connectivity index (χ3v) is 10.8. The summed E-state index contributed by atoms with van der Waals surface area (Å²) in [6, 6.07) is 3.50. The fourth-order valence-electron chi connectivity index (χ4n) is 9.36. The van der Waals surface area contributed by atoms with E-state index in [1.165, 1.54) is 6.92 Å². The summed E-state index contributed by atoms with van der Waals surface area (Å²) in [5.74, 6) is -6.57. The van der Waals surface area contributed by atoms with Gasteiger partial charge in [0.25, 0.3) is 0 Å². The Balaban J connectivity index is 1.48. The van der Waals surface area contributed by atoms with E-state index >= 15 is 0 Å². The van der Waals surface area contributed by atoms with Crippen molar-refractivity contribution in [3.63, 3.8) is 0 Å². The van der Waals surface area contributed by atoms with Gasteiger partial charge in [-0.1, -0.05) is 20.4 Å². The Labute approximate surface area is 234 Å². The van der Waals surface area contributed by atoms with Crippen molar-refractivity contribution in [2.24, 2.45) is 34.0 Å². The molecule has 1 aromatic rings. The first kappa shape index (κ1) is 28.4. The monoisotopic (exact) mass is 578 g/mol. The number of carbonyl (C=O) groups excluding carboxylic acids is 3. The van der Waals surface area contributed by atoms with Gasteiger partial charge < -0.3 is 24.4 Å². The Morgan fingerprint density at radius 2 is 1.76 bits per heavy atom. The topological polar surface area (TPSA) is 119 Å². The van der Waals surface area contributed by atoms with E-state index in [1.807, 2.05) is 13.8 Å². The number of esters is 2. The predicted molar refractivity (Wildman–Crippen MR) is 135 cm³/mol. The maximum Gasteiger partial charge on any atom is 0.416 e. The van der Waals surface area contributed by atoms with Crippen molar-refractivity contribution in [2.45, 2.75) is 76.7 Å². The first-order valence-corrected chi connectivity index (χ1v) is 13.9. The van der Waals surface area contributed by atoms with E-state index in [-0.39, 0.29) is 17.7 Å². The third-order valence-electron chi connectivity index (χ3n) is 10.8. The molecule has 6 aliphatic rings. The van der Waals surface area contributed by atoms with Crippen molar-refractivity contribution in [3.05, 3.63) is 47.5 Å². The summed E-state index contributed by atoms with van der Waals surface area (Å²) >= 11 is 0. The van der Waals surface area contributed by atoms with Crippen molar-refractivity contribution in [2.75, 3.05) is 6.61 Å². The zero-order valence-corrected chi connectivity index (χ0v) is 23.0. The first-order valence-electron chi connectivity index (χ1n) is 13.9. The van der Waals surface area contributed by atoms with Crippen LogP contribution in [0.1, 0.15) is 62.4 Å². The number of hydrogen-bond acceptors (Lipinski definition) is 8. The summed E-state index contributed by atoms with van der Waals surface area (Å²) in [6.07, 6.45) is -6.44. The van der Waals surface area contributed by atoms with Gasteiger partial charge in [-0.15, -0.1) is 0 Å². The van der Waals surface area contributed by atoms with Crippen LogP contribution in [0.5, 0.6) is 0 Å². The molecule has 4 saturated carbocycles. The van der Waals surface area contributed by atoms with E-state index in [0.29, 0.717) is 25.7 Å². The molecule has 2 heterocycles. The summed E-state index contributed by atoms with van der Waals surface area (Å²) in [7, 11) is 0. The van der Waals surface area contributed by atoms with Gasteiger partial charge in [-0.05, 0) is 66.9 Å². The van der Waals surface area contributed by atoms with Crippen LogP contribution >= 0.6 is 0 Å². The van der Waals surface area contributed by atoms with E-state index in [0.717, 1.165) is 24.3 Å². The maximum absolute atomic E-state index is 14.3. The number of hydrogen-bond donors (Lipinski definition) is 2. The van der Waals surface area contributed by atoms with E-state index in [1.54, 1.807) is 0 Å². The Bertz CT molecular complexity index is 1340. The molecule has 222 valence electrons. The van der Waals surface area contributed by atoms with Gasteiger partial charge in [0.1, 0.15) is 23.7 Å². The van der Waals surface area contributed by atoms with Gasteiger partial charge >= 0.3 is 18.1 Å². The highest BCUT2D eigenvalue weighted by molar-refractivity contribution is 6.05. The van der Waals surface area contributed by atoms with Crippen LogP contribution in [0.3, 0.4) is 0 Å². The van der Waals surface area contributed by atoms with E-state index in [9.17, 15) is 37.8 Å². The van der Waals surface area contributed by atoms with Crippen LogP contribution in [-0.4, -0.2) is 58.6 Å². The molecular formula is C30H33F3O8. The number of alkyl halides is 3. The lowest BCUT2D eigenvalue weighted by Crippen LogP contribution is -2.86. The number of halogens is 3. The standard InChI is InChI=1S/C30H33F3O8/c1-14-18-9-10-19-27-13-39-29(38,23(36)21(27)26(3,4)12-11-20(27)40-15(2)34)28(19,22(14)35)24(18)41-25(37)16-5-7-17(8-6-16)30(31,32)33/h5-8,18-21,23-24,36,38H,1,9-13H2,2-4H3/t18-,19?,20?,21+,23-,24+,27+,28-,29?/m0/s1. The van der Waals surface area contributed by atoms with Crippen molar-refractivity contribution in [1.82, 2.24) is 0 Å². The summed E-state index contributed by atoms with van der Waals surface area (Å²) in [4.78, 5) is 39.9. The van der Waals surface area contributed by atoms with Crippen LogP contribution in [0.4, 0.5) is 13.2 Å². The lowest BCUT2D eigenvalue weighted by Gasteiger charge is -2.74. The molecule has 4 aliphatic carbocycles. The molecule has 2 N–H and O–H groups in total. The molecule has 0 aromatic heterocycles. The molecule has 0 amide bonds. The summed E-state index contributed by atoms with van der Waals surface area (Å²) < 4.78 is 57.1. The predicted octanol–water partition coefficient (Wildman–Crippen LogP) is 3.83. The van der Waals surface area contributed by atoms with Crippen LogP contribution in [0, 0.1) is 34.0 Å². The fraction of sp³-hybridized carbons (Fsp3) is 0.633. The lowest BCUT2D eigenvalue weighted by molar-refractivity contribution is -0.457. The molecule has 2 aliphatic heterocycles. The molecule has 0 radical (unpaired) electrons. The number of fused-ring (bicyclic) bond motifs is 2. The van der Waals surface area contributed by atoms with Gasteiger partial charge in [-0.25, -0.2) is 4.79 Å². The molecule has 4 bridgehead atoms. The quantitative estimate of drug-likeness (QED) is 0.411. The Kier molecular flexibility index (Phi) is 5.98. The van der Waals surface area contributed by atoms with Crippen molar-refractivity contribution < 1.29 is 52.0 Å². The average Bonchev–Trinajstić information content (AvgIpc) is 3.00. The molecule has 6 fully saturated rings. The van der Waals surface area contributed by atoms with Crippen molar-refractivity contribution >= 4 is 17.7 Å². The van der Waals surface area contributed by atoms with Crippen molar-refractivity contribution in [3.8, 4) is 0 Å². The Hall–Kier alpha value is -2.76. The van der Waals surface area contributed by atoms with Gasteiger partial charge in [0.15, 0.2) is 5.78 Å². The SMILES string of the molecule is C=C1C(=O)[C@@]23C(CC[C@@H]1[C@H]2OC(=O)c1ccc(C(F)(F)F)cc1)[C@@]12COC3(O)[C@@H](O)[C@@H]1C(C)(C)CCC2OC(C)=O. The van der Waals surface area contributed by atoms with Crippen molar-refractivity contribution in [1.29, 1.82) is 0 Å². The number of aliphatic hydroxyl groups excluding tert-OH is 1. The summed E-state index contributed by atoms with van der Waals surface area (Å²) in [5.41, 5.74) is -4.54. The number of benzene rings is 1. The van der Waals surface area contributed by atoms with Gasteiger partial charge in [-0.3, -0.25) is 9.59 Å². The molecule has 41 heavy (non-hydrogen) atoms. The second-order valence-electron chi connectivity index (χ2n) is 13.0. The van der Waals surface area contributed by atoms with Crippen LogP contribution in [-0.2, 0) is 30.0 Å². The molecule has 8 nitrogen and oxygen atoms in total. The number of rotatable bonds is 3. The largest absolute Gasteiger partial charge is 0.462 e. The highest BCUT2D eigenvalue weighted by atomic mass is 19.4. The molecule has 1 aromatic carbocycles.